The van der Waals surface area contributed by atoms with E-state index in [1.165, 1.54) is 0 Å². The van der Waals surface area contributed by atoms with Gasteiger partial charge in [0.25, 0.3) is 0 Å². The minimum absolute atomic E-state index is 0.151. The zero-order valence-electron chi connectivity index (χ0n) is 10.0. The highest BCUT2D eigenvalue weighted by Gasteiger charge is 2.06. The smallest absolute Gasteiger partial charge is 0.321 e. The fraction of sp³-hybridized carbons (Fsp3) is 0.333. The van der Waals surface area contributed by atoms with Crippen molar-refractivity contribution in [3.63, 3.8) is 0 Å². The molecule has 0 fully saturated rings. The van der Waals surface area contributed by atoms with Crippen molar-refractivity contribution in [1.29, 1.82) is 0 Å². The van der Waals surface area contributed by atoms with Crippen LogP contribution in [0.4, 0.5) is 10.4 Å². The summed E-state index contributed by atoms with van der Waals surface area (Å²) in [5.41, 5.74) is 2.27. The normalized spacial score (nSPS) is 10.6. The van der Waals surface area contributed by atoms with Gasteiger partial charge in [-0.15, -0.1) is 0 Å². The summed E-state index contributed by atoms with van der Waals surface area (Å²) >= 11 is 0. The number of anilines is 1. The monoisotopic (exact) mass is 235 g/mol. The molecule has 0 radical (unpaired) electrons. The average Bonchev–Trinajstić information content (AvgIpc) is 2.69. The number of nitrogens with one attached hydrogen (secondary N) is 1. The van der Waals surface area contributed by atoms with Crippen LogP contribution in [0.15, 0.2) is 16.7 Å². The molecule has 2 aromatic rings. The SMILES string of the molecule is Cc1noc(NCc2cc(C)c(F)c(C)c2)n1. The first-order valence-electron chi connectivity index (χ1n) is 5.36. The van der Waals surface area contributed by atoms with Crippen molar-refractivity contribution in [1.82, 2.24) is 10.1 Å². The Kier molecular flexibility index (Phi) is 3.08. The molecule has 0 spiro atoms. The van der Waals surface area contributed by atoms with E-state index in [0.29, 0.717) is 29.5 Å². The van der Waals surface area contributed by atoms with E-state index >= 15 is 0 Å². The van der Waals surface area contributed by atoms with Crippen LogP contribution in [0, 0.1) is 26.6 Å². The number of hydrogen-bond acceptors (Lipinski definition) is 4. The highest BCUT2D eigenvalue weighted by atomic mass is 19.1. The van der Waals surface area contributed by atoms with Gasteiger partial charge in [-0.25, -0.2) is 4.39 Å². The molecule has 17 heavy (non-hydrogen) atoms. The molecule has 0 aliphatic rings. The molecule has 1 N–H and O–H groups in total. The predicted octanol–water partition coefficient (Wildman–Crippen LogP) is 2.75. The topological polar surface area (TPSA) is 51.0 Å². The zero-order chi connectivity index (χ0) is 12.4. The average molecular weight is 235 g/mol. The fourth-order valence-corrected chi connectivity index (χ4v) is 1.68. The Bertz CT molecular complexity index is 513. The number of benzene rings is 1. The summed E-state index contributed by atoms with van der Waals surface area (Å²) < 4.78 is 18.3. The van der Waals surface area contributed by atoms with E-state index in [1.54, 1.807) is 32.9 Å². The summed E-state index contributed by atoms with van der Waals surface area (Å²) in [5.74, 6) is 0.432. The Morgan fingerprint density at radius 3 is 2.41 bits per heavy atom. The van der Waals surface area contributed by atoms with Gasteiger partial charge in [-0.3, -0.25) is 0 Å². The van der Waals surface area contributed by atoms with Gasteiger partial charge in [0.1, 0.15) is 5.82 Å². The first-order valence-corrected chi connectivity index (χ1v) is 5.36. The van der Waals surface area contributed by atoms with Crippen molar-refractivity contribution < 1.29 is 8.91 Å². The largest absolute Gasteiger partial charge is 0.334 e. The zero-order valence-corrected chi connectivity index (χ0v) is 10.0. The number of rotatable bonds is 3. The van der Waals surface area contributed by atoms with Crippen molar-refractivity contribution in [2.45, 2.75) is 27.3 Å². The lowest BCUT2D eigenvalue weighted by Gasteiger charge is -2.06. The Labute approximate surface area is 98.8 Å². The van der Waals surface area contributed by atoms with E-state index in [1.807, 2.05) is 0 Å². The van der Waals surface area contributed by atoms with Gasteiger partial charge in [0.05, 0.1) is 0 Å². The van der Waals surface area contributed by atoms with Crippen molar-refractivity contribution in [2.75, 3.05) is 5.32 Å². The maximum atomic E-state index is 13.4. The van der Waals surface area contributed by atoms with Crippen LogP contribution in [0.2, 0.25) is 0 Å². The summed E-state index contributed by atoms with van der Waals surface area (Å²) in [6.45, 7) is 5.79. The lowest BCUT2D eigenvalue weighted by molar-refractivity contribution is 0.425. The molecule has 0 aliphatic carbocycles. The third-order valence-corrected chi connectivity index (χ3v) is 2.47. The van der Waals surface area contributed by atoms with Gasteiger partial charge in [0.2, 0.25) is 0 Å². The third kappa shape index (κ3) is 2.61. The van der Waals surface area contributed by atoms with Gasteiger partial charge >= 0.3 is 6.01 Å². The molecule has 0 bridgehead atoms. The molecule has 1 aromatic heterocycles. The molecule has 1 heterocycles. The van der Waals surface area contributed by atoms with E-state index in [-0.39, 0.29) is 5.82 Å². The Hall–Kier alpha value is -1.91. The highest BCUT2D eigenvalue weighted by molar-refractivity contribution is 5.32. The second kappa shape index (κ2) is 4.53. The van der Waals surface area contributed by atoms with Gasteiger partial charge < -0.3 is 9.84 Å². The van der Waals surface area contributed by atoms with E-state index in [4.69, 9.17) is 4.52 Å². The molecule has 0 saturated heterocycles. The molecule has 1 aromatic carbocycles. The van der Waals surface area contributed by atoms with Gasteiger partial charge in [-0.1, -0.05) is 17.3 Å². The summed E-state index contributed by atoms with van der Waals surface area (Å²) in [6.07, 6.45) is 0. The van der Waals surface area contributed by atoms with Crippen LogP contribution in [-0.4, -0.2) is 10.1 Å². The number of aryl methyl sites for hydroxylation is 3. The van der Waals surface area contributed by atoms with Crippen molar-refractivity contribution in [3.05, 3.63) is 40.5 Å². The van der Waals surface area contributed by atoms with Crippen molar-refractivity contribution in [3.8, 4) is 0 Å². The van der Waals surface area contributed by atoms with Crippen LogP contribution < -0.4 is 5.32 Å². The number of aromatic nitrogens is 2. The fourth-order valence-electron chi connectivity index (χ4n) is 1.68. The lowest BCUT2D eigenvalue weighted by atomic mass is 10.1. The maximum absolute atomic E-state index is 13.4. The number of hydrogen-bond donors (Lipinski definition) is 1. The predicted molar refractivity (Wildman–Crippen MR) is 62.2 cm³/mol. The van der Waals surface area contributed by atoms with E-state index < -0.39 is 0 Å². The number of halogens is 1. The first-order chi connectivity index (χ1) is 8.06. The minimum atomic E-state index is -0.151. The molecule has 0 unspecified atom stereocenters. The highest BCUT2D eigenvalue weighted by Crippen LogP contribution is 2.15. The molecule has 0 saturated carbocycles. The van der Waals surface area contributed by atoms with Crippen LogP contribution in [0.1, 0.15) is 22.5 Å². The first kappa shape index (κ1) is 11.6. The summed E-state index contributed by atoms with van der Waals surface area (Å²) in [4.78, 5) is 4.03. The molecule has 0 aliphatic heterocycles. The van der Waals surface area contributed by atoms with Crippen molar-refractivity contribution in [2.24, 2.45) is 0 Å². The molecule has 90 valence electrons. The molecule has 0 amide bonds. The van der Waals surface area contributed by atoms with Crippen LogP contribution in [0.3, 0.4) is 0 Å². The molecule has 0 atom stereocenters. The molecule has 5 heteroatoms. The van der Waals surface area contributed by atoms with Gasteiger partial charge in [-0.05, 0) is 37.5 Å². The van der Waals surface area contributed by atoms with Gasteiger partial charge in [0, 0.05) is 6.54 Å². The van der Waals surface area contributed by atoms with E-state index in [2.05, 4.69) is 15.5 Å². The molecule has 2 rings (SSSR count). The van der Waals surface area contributed by atoms with Crippen LogP contribution >= 0.6 is 0 Å². The van der Waals surface area contributed by atoms with Crippen molar-refractivity contribution >= 4 is 6.01 Å². The van der Waals surface area contributed by atoms with Crippen LogP contribution in [0.25, 0.3) is 0 Å². The summed E-state index contributed by atoms with van der Waals surface area (Å²) in [7, 11) is 0. The Morgan fingerprint density at radius 2 is 1.88 bits per heavy atom. The quantitative estimate of drug-likeness (QED) is 0.888. The maximum Gasteiger partial charge on any atom is 0.321 e. The summed E-state index contributed by atoms with van der Waals surface area (Å²) in [5, 5.41) is 6.66. The van der Waals surface area contributed by atoms with Gasteiger partial charge in [-0.2, -0.15) is 4.98 Å². The van der Waals surface area contributed by atoms with E-state index in [9.17, 15) is 4.39 Å². The standard InChI is InChI=1S/C12H14FN3O/c1-7-4-10(5-8(2)11(7)13)6-14-12-15-9(3)16-17-12/h4-5H,6H2,1-3H3,(H,14,15,16). The minimum Gasteiger partial charge on any atom is -0.334 e. The number of nitrogens with zero attached hydrogens (tertiary/aromatic N) is 2. The van der Waals surface area contributed by atoms with Crippen LogP contribution in [-0.2, 0) is 6.54 Å². The second-order valence-electron chi connectivity index (χ2n) is 4.04. The second-order valence-corrected chi connectivity index (χ2v) is 4.04. The van der Waals surface area contributed by atoms with Gasteiger partial charge in [0.15, 0.2) is 5.82 Å². The molecular formula is C12H14FN3O. The van der Waals surface area contributed by atoms with Crippen LogP contribution in [0.5, 0.6) is 0 Å². The molecular weight excluding hydrogens is 221 g/mol. The molecule has 4 nitrogen and oxygen atoms in total. The lowest BCUT2D eigenvalue weighted by Crippen LogP contribution is -2.01. The Balaban J connectivity index is 2.09. The van der Waals surface area contributed by atoms with E-state index in [0.717, 1.165) is 5.56 Å². The third-order valence-electron chi connectivity index (χ3n) is 2.47. The summed E-state index contributed by atoms with van der Waals surface area (Å²) in [6, 6.07) is 3.99. The Morgan fingerprint density at radius 1 is 1.24 bits per heavy atom.